The number of rotatable bonds is 3. The summed E-state index contributed by atoms with van der Waals surface area (Å²) in [7, 11) is -3.86. The molecule has 2 fully saturated rings. The average molecular weight is 329 g/mol. The largest absolute Gasteiger partial charge is 0.481 e. The molecule has 21 heavy (non-hydrogen) atoms. The Morgan fingerprint density at radius 3 is 2.19 bits per heavy atom. The van der Waals surface area contributed by atoms with Gasteiger partial charge in [0, 0.05) is 13.1 Å². The zero-order valence-corrected chi connectivity index (χ0v) is 12.2. The lowest BCUT2D eigenvalue weighted by atomic mass is 9.86. The van der Waals surface area contributed by atoms with Crippen LogP contribution in [-0.4, -0.2) is 48.3 Å². The summed E-state index contributed by atoms with van der Waals surface area (Å²) in [6.07, 6.45) is -2.42. The third-order valence-electron chi connectivity index (χ3n) is 4.52. The molecule has 2 rings (SSSR count). The molecule has 1 N–H and O–H groups in total. The summed E-state index contributed by atoms with van der Waals surface area (Å²) in [5.74, 6) is -2.00. The molecular weight excluding hydrogens is 311 g/mol. The Labute approximate surface area is 121 Å². The lowest BCUT2D eigenvalue weighted by molar-refractivity contribution is -0.226. The van der Waals surface area contributed by atoms with Gasteiger partial charge in [-0.15, -0.1) is 0 Å². The minimum absolute atomic E-state index is 0.384. The van der Waals surface area contributed by atoms with Gasteiger partial charge >= 0.3 is 12.1 Å². The maximum atomic E-state index is 13.1. The summed E-state index contributed by atoms with van der Waals surface area (Å²) < 4.78 is 64.7. The second kappa shape index (κ2) is 5.42. The fourth-order valence-corrected chi connectivity index (χ4v) is 5.19. The van der Waals surface area contributed by atoms with E-state index in [0.29, 0.717) is 12.8 Å². The normalized spacial score (nSPS) is 29.7. The van der Waals surface area contributed by atoms with Crippen LogP contribution < -0.4 is 0 Å². The van der Waals surface area contributed by atoms with Crippen LogP contribution in [0.1, 0.15) is 38.5 Å². The van der Waals surface area contributed by atoms with Gasteiger partial charge in [0.25, 0.3) is 0 Å². The van der Waals surface area contributed by atoms with Crippen molar-refractivity contribution < 1.29 is 31.5 Å². The fourth-order valence-electron chi connectivity index (χ4n) is 3.09. The van der Waals surface area contributed by atoms with Gasteiger partial charge in [0.15, 0.2) is 5.41 Å². The van der Waals surface area contributed by atoms with Gasteiger partial charge in [0.1, 0.15) is 0 Å². The third-order valence-corrected chi connectivity index (χ3v) is 6.86. The predicted molar refractivity (Wildman–Crippen MR) is 68.1 cm³/mol. The van der Waals surface area contributed by atoms with Crippen LogP contribution in [0.3, 0.4) is 0 Å². The molecule has 0 bridgehead atoms. The molecule has 1 aliphatic carbocycles. The minimum atomic E-state index is -4.96. The van der Waals surface area contributed by atoms with Crippen LogP contribution in [0.15, 0.2) is 0 Å². The van der Waals surface area contributed by atoms with Crippen molar-refractivity contribution in [2.75, 3.05) is 13.1 Å². The molecule has 1 heterocycles. The number of sulfonamides is 1. The van der Waals surface area contributed by atoms with Crippen molar-refractivity contribution in [1.29, 1.82) is 0 Å². The first-order valence-electron chi connectivity index (χ1n) is 6.90. The number of halogens is 3. The summed E-state index contributed by atoms with van der Waals surface area (Å²) in [5.41, 5.74) is -2.98. The molecule has 2 aliphatic rings. The highest BCUT2D eigenvalue weighted by Gasteiger charge is 2.65. The van der Waals surface area contributed by atoms with Crippen molar-refractivity contribution in [3.05, 3.63) is 0 Å². The van der Waals surface area contributed by atoms with Crippen molar-refractivity contribution in [2.45, 2.75) is 50.0 Å². The van der Waals surface area contributed by atoms with E-state index in [1.807, 2.05) is 0 Å². The van der Waals surface area contributed by atoms with Crippen molar-refractivity contribution >= 4 is 16.0 Å². The Hall–Kier alpha value is -0.830. The molecule has 1 unspecified atom stereocenters. The Kier molecular flexibility index (Phi) is 4.27. The monoisotopic (exact) mass is 329 g/mol. The number of carboxylic acid groups (broad SMARTS) is 1. The number of hydrogen-bond acceptors (Lipinski definition) is 3. The average Bonchev–Trinajstić information content (AvgIpc) is 2.86. The SMILES string of the molecule is O=C(O)C1(C(F)(F)F)CCN(S(=O)(=O)C2CCCCC2)C1. The molecule has 0 aromatic rings. The topological polar surface area (TPSA) is 74.7 Å². The Bertz CT molecular complexity index is 513. The van der Waals surface area contributed by atoms with Gasteiger partial charge in [-0.1, -0.05) is 19.3 Å². The Morgan fingerprint density at radius 1 is 1.19 bits per heavy atom. The number of carboxylic acids is 1. The van der Waals surface area contributed by atoms with Crippen LogP contribution in [0.4, 0.5) is 13.2 Å². The van der Waals surface area contributed by atoms with Crippen molar-refractivity contribution in [2.24, 2.45) is 5.41 Å². The van der Waals surface area contributed by atoms with Gasteiger partial charge in [-0.2, -0.15) is 13.2 Å². The molecule has 1 atom stereocenters. The molecule has 1 aliphatic heterocycles. The number of alkyl halides is 3. The Morgan fingerprint density at radius 2 is 1.76 bits per heavy atom. The van der Waals surface area contributed by atoms with E-state index in [-0.39, 0.29) is 6.54 Å². The zero-order valence-electron chi connectivity index (χ0n) is 11.4. The first-order valence-corrected chi connectivity index (χ1v) is 8.41. The molecule has 0 radical (unpaired) electrons. The molecule has 122 valence electrons. The van der Waals surface area contributed by atoms with Crippen LogP contribution in [-0.2, 0) is 14.8 Å². The van der Waals surface area contributed by atoms with Crippen LogP contribution >= 0.6 is 0 Å². The molecule has 1 saturated heterocycles. The second-order valence-corrected chi connectivity index (χ2v) is 7.99. The lowest BCUT2D eigenvalue weighted by Crippen LogP contribution is -2.48. The van der Waals surface area contributed by atoms with Crippen molar-refractivity contribution in [3.8, 4) is 0 Å². The summed E-state index contributed by atoms with van der Waals surface area (Å²) in [6.45, 7) is -1.39. The van der Waals surface area contributed by atoms with Crippen LogP contribution in [0, 0.1) is 5.41 Å². The van der Waals surface area contributed by atoms with E-state index >= 15 is 0 Å². The molecule has 9 heteroatoms. The van der Waals surface area contributed by atoms with Crippen LogP contribution in [0.5, 0.6) is 0 Å². The summed E-state index contributed by atoms with van der Waals surface area (Å²) in [5, 5.41) is 8.27. The molecule has 0 spiro atoms. The van der Waals surface area contributed by atoms with Gasteiger partial charge in [-0.05, 0) is 19.3 Å². The van der Waals surface area contributed by atoms with E-state index < -0.39 is 45.8 Å². The van der Waals surface area contributed by atoms with Gasteiger partial charge in [-0.25, -0.2) is 12.7 Å². The standard InChI is InChI=1S/C12H18F3NO4S/c13-12(14,15)11(10(17)18)6-7-16(8-11)21(19,20)9-4-2-1-3-5-9/h9H,1-8H2,(H,17,18). The third kappa shape index (κ3) is 2.77. The number of hydrogen-bond donors (Lipinski definition) is 1. The van der Waals surface area contributed by atoms with Gasteiger partial charge in [0.05, 0.1) is 5.25 Å². The number of aliphatic carboxylic acids is 1. The lowest BCUT2D eigenvalue weighted by Gasteiger charge is -2.29. The highest BCUT2D eigenvalue weighted by molar-refractivity contribution is 7.89. The van der Waals surface area contributed by atoms with E-state index in [1.54, 1.807) is 0 Å². The molecule has 0 aromatic heterocycles. The van der Waals surface area contributed by atoms with E-state index in [0.717, 1.165) is 23.6 Å². The molecule has 0 aromatic carbocycles. The smallest absolute Gasteiger partial charge is 0.406 e. The predicted octanol–water partition coefficient (Wildman–Crippen LogP) is 1.99. The van der Waals surface area contributed by atoms with E-state index in [1.165, 1.54) is 0 Å². The highest BCUT2D eigenvalue weighted by atomic mass is 32.2. The van der Waals surface area contributed by atoms with Crippen LogP contribution in [0.25, 0.3) is 0 Å². The second-order valence-electron chi connectivity index (χ2n) is 5.77. The Balaban J connectivity index is 2.22. The van der Waals surface area contributed by atoms with Crippen molar-refractivity contribution in [1.82, 2.24) is 4.31 Å². The van der Waals surface area contributed by atoms with Gasteiger partial charge in [0.2, 0.25) is 10.0 Å². The first kappa shape index (κ1) is 16.5. The van der Waals surface area contributed by atoms with Crippen LogP contribution in [0.2, 0.25) is 0 Å². The summed E-state index contributed by atoms with van der Waals surface area (Å²) >= 11 is 0. The molecule has 1 saturated carbocycles. The number of nitrogens with zero attached hydrogens (tertiary/aromatic N) is 1. The summed E-state index contributed by atoms with van der Waals surface area (Å²) in [6, 6.07) is 0. The zero-order chi connectivity index (χ0) is 15.9. The van der Waals surface area contributed by atoms with E-state index in [9.17, 15) is 26.4 Å². The molecule has 0 amide bonds. The quantitative estimate of drug-likeness (QED) is 0.859. The maximum absolute atomic E-state index is 13.1. The minimum Gasteiger partial charge on any atom is -0.481 e. The maximum Gasteiger partial charge on any atom is 0.406 e. The highest BCUT2D eigenvalue weighted by Crippen LogP contribution is 2.47. The van der Waals surface area contributed by atoms with Crippen molar-refractivity contribution in [3.63, 3.8) is 0 Å². The van der Waals surface area contributed by atoms with E-state index in [4.69, 9.17) is 5.11 Å². The van der Waals surface area contributed by atoms with Gasteiger partial charge < -0.3 is 5.11 Å². The fraction of sp³-hybridized carbons (Fsp3) is 0.917. The number of carbonyl (C=O) groups is 1. The molecule has 5 nitrogen and oxygen atoms in total. The first-order chi connectivity index (χ1) is 9.61. The van der Waals surface area contributed by atoms with Gasteiger partial charge in [-0.3, -0.25) is 4.79 Å². The molecular formula is C12H18F3NO4S. The van der Waals surface area contributed by atoms with E-state index in [2.05, 4.69) is 0 Å². The summed E-state index contributed by atoms with van der Waals surface area (Å²) in [4.78, 5) is 11.1.